The van der Waals surface area contributed by atoms with E-state index in [4.69, 9.17) is 10.5 Å². The van der Waals surface area contributed by atoms with Gasteiger partial charge in [0.05, 0.1) is 6.61 Å². The fourth-order valence-electron chi connectivity index (χ4n) is 1.38. The Bertz CT molecular complexity index is 309. The van der Waals surface area contributed by atoms with Gasteiger partial charge in [-0.3, -0.25) is 0 Å². The minimum atomic E-state index is -0.155. The number of ether oxygens (including phenoxy) is 1. The molecule has 2 heteroatoms. The Morgan fingerprint density at radius 2 is 1.75 bits per heavy atom. The van der Waals surface area contributed by atoms with Crippen LogP contribution in [0.1, 0.15) is 45.6 Å². The van der Waals surface area contributed by atoms with Gasteiger partial charge in [-0.15, -0.1) is 0 Å². The Morgan fingerprint density at radius 1 is 1.19 bits per heavy atom. The van der Waals surface area contributed by atoms with Gasteiger partial charge < -0.3 is 10.5 Å². The van der Waals surface area contributed by atoms with Crippen LogP contribution in [0.25, 0.3) is 0 Å². The average molecular weight is 221 g/mol. The minimum absolute atomic E-state index is 0.155. The molecule has 0 radical (unpaired) electrons. The highest BCUT2D eigenvalue weighted by molar-refractivity contribution is 5.28. The summed E-state index contributed by atoms with van der Waals surface area (Å²) in [6.45, 7) is 9.07. The maximum absolute atomic E-state index is 5.88. The van der Waals surface area contributed by atoms with Crippen molar-refractivity contribution in [1.29, 1.82) is 0 Å². The number of nitrogens with two attached hydrogens (primary N) is 1. The summed E-state index contributed by atoms with van der Waals surface area (Å²) in [5, 5.41) is 0. The first-order valence-electron chi connectivity index (χ1n) is 5.90. The molecule has 0 spiro atoms. The van der Waals surface area contributed by atoms with Crippen molar-refractivity contribution in [1.82, 2.24) is 0 Å². The summed E-state index contributed by atoms with van der Waals surface area (Å²) in [6, 6.07) is 8.29. The molecule has 0 fully saturated rings. The molecule has 0 amide bonds. The topological polar surface area (TPSA) is 35.2 Å². The van der Waals surface area contributed by atoms with Crippen molar-refractivity contribution in [2.75, 3.05) is 6.61 Å². The van der Waals surface area contributed by atoms with Crippen molar-refractivity contribution in [3.05, 3.63) is 29.8 Å². The summed E-state index contributed by atoms with van der Waals surface area (Å²) in [6.07, 6.45) is 0.860. The molecule has 0 heterocycles. The van der Waals surface area contributed by atoms with Gasteiger partial charge in [-0.2, -0.15) is 0 Å². The van der Waals surface area contributed by atoms with E-state index in [0.29, 0.717) is 12.5 Å². The van der Waals surface area contributed by atoms with Crippen molar-refractivity contribution in [2.24, 2.45) is 5.73 Å². The predicted octanol–water partition coefficient (Wildman–Crippen LogP) is 3.32. The summed E-state index contributed by atoms with van der Waals surface area (Å²) in [7, 11) is 0. The molecule has 0 aliphatic carbocycles. The normalized spacial score (nSPS) is 11.9. The van der Waals surface area contributed by atoms with E-state index in [0.717, 1.165) is 12.2 Å². The lowest BCUT2D eigenvalue weighted by Gasteiger charge is -2.18. The molecule has 1 rings (SSSR count). The van der Waals surface area contributed by atoms with Gasteiger partial charge in [0.1, 0.15) is 5.75 Å². The van der Waals surface area contributed by atoms with Crippen LogP contribution < -0.4 is 10.5 Å². The zero-order valence-corrected chi connectivity index (χ0v) is 10.8. The minimum Gasteiger partial charge on any atom is -0.494 e. The molecule has 90 valence electrons. The highest BCUT2D eigenvalue weighted by Crippen LogP contribution is 2.19. The third-order valence-electron chi connectivity index (χ3n) is 2.56. The van der Waals surface area contributed by atoms with E-state index in [1.165, 1.54) is 5.56 Å². The number of rotatable bonds is 5. The van der Waals surface area contributed by atoms with Gasteiger partial charge in [-0.25, -0.2) is 0 Å². The third-order valence-corrected chi connectivity index (χ3v) is 2.56. The first kappa shape index (κ1) is 13.0. The first-order valence-corrected chi connectivity index (χ1v) is 5.90. The molecular weight excluding hydrogens is 198 g/mol. The van der Waals surface area contributed by atoms with Gasteiger partial charge in [-0.1, -0.05) is 26.0 Å². The Balaban J connectivity index is 2.44. The molecular formula is C14H23NO. The Kier molecular flexibility index (Phi) is 4.36. The summed E-state index contributed by atoms with van der Waals surface area (Å²) in [5.41, 5.74) is 7.07. The monoisotopic (exact) mass is 221 g/mol. The molecule has 1 aromatic carbocycles. The second-order valence-corrected chi connectivity index (χ2v) is 5.31. The van der Waals surface area contributed by atoms with E-state index in [1.807, 2.05) is 26.0 Å². The number of hydrogen-bond acceptors (Lipinski definition) is 2. The van der Waals surface area contributed by atoms with Crippen molar-refractivity contribution >= 4 is 0 Å². The molecule has 0 aromatic heterocycles. The lowest BCUT2D eigenvalue weighted by Crippen LogP contribution is -2.33. The van der Waals surface area contributed by atoms with E-state index >= 15 is 0 Å². The van der Waals surface area contributed by atoms with Crippen molar-refractivity contribution in [3.63, 3.8) is 0 Å². The van der Waals surface area contributed by atoms with Crippen LogP contribution in [-0.2, 0) is 0 Å². The van der Waals surface area contributed by atoms with Crippen LogP contribution in [0.5, 0.6) is 5.75 Å². The smallest absolute Gasteiger partial charge is 0.119 e. The zero-order chi connectivity index (χ0) is 12.2. The van der Waals surface area contributed by atoms with Crippen LogP contribution in [0.3, 0.4) is 0 Å². The summed E-state index contributed by atoms with van der Waals surface area (Å²) in [4.78, 5) is 0. The standard InChI is InChI=1S/C14H23NO/c1-11(2)12-5-7-13(8-6-12)16-10-9-14(3,4)15/h5-8,11H,9-10,15H2,1-4H3. The summed E-state index contributed by atoms with van der Waals surface area (Å²) < 4.78 is 5.64. The molecule has 2 N–H and O–H groups in total. The van der Waals surface area contributed by atoms with Gasteiger partial charge in [0.2, 0.25) is 0 Å². The summed E-state index contributed by atoms with van der Waals surface area (Å²) in [5.74, 6) is 1.49. The molecule has 0 unspecified atom stereocenters. The van der Waals surface area contributed by atoms with Gasteiger partial charge in [-0.05, 0) is 43.9 Å². The second kappa shape index (κ2) is 5.35. The van der Waals surface area contributed by atoms with E-state index in [1.54, 1.807) is 0 Å². The van der Waals surface area contributed by atoms with Crippen LogP contribution in [0.4, 0.5) is 0 Å². The average Bonchev–Trinajstić information content (AvgIpc) is 2.16. The predicted molar refractivity (Wildman–Crippen MR) is 68.9 cm³/mol. The molecule has 0 atom stereocenters. The largest absolute Gasteiger partial charge is 0.494 e. The molecule has 2 nitrogen and oxygen atoms in total. The molecule has 0 saturated carbocycles. The SMILES string of the molecule is CC(C)c1ccc(OCCC(C)(C)N)cc1. The Labute approximate surface area is 98.8 Å². The van der Waals surface area contributed by atoms with Crippen LogP contribution >= 0.6 is 0 Å². The highest BCUT2D eigenvalue weighted by atomic mass is 16.5. The quantitative estimate of drug-likeness (QED) is 0.828. The van der Waals surface area contributed by atoms with E-state index in [9.17, 15) is 0 Å². The lowest BCUT2D eigenvalue weighted by atomic mass is 10.0. The Hall–Kier alpha value is -1.02. The first-order chi connectivity index (χ1) is 7.38. The third kappa shape index (κ3) is 4.67. The number of benzene rings is 1. The van der Waals surface area contributed by atoms with Crippen LogP contribution in [0, 0.1) is 0 Å². The second-order valence-electron chi connectivity index (χ2n) is 5.31. The van der Waals surface area contributed by atoms with Crippen LogP contribution in [-0.4, -0.2) is 12.1 Å². The van der Waals surface area contributed by atoms with Crippen molar-refractivity contribution < 1.29 is 4.74 Å². The van der Waals surface area contributed by atoms with Gasteiger partial charge in [0.25, 0.3) is 0 Å². The van der Waals surface area contributed by atoms with Crippen molar-refractivity contribution in [3.8, 4) is 5.75 Å². The molecule has 0 aliphatic rings. The highest BCUT2D eigenvalue weighted by Gasteiger charge is 2.10. The van der Waals surface area contributed by atoms with Gasteiger partial charge >= 0.3 is 0 Å². The Morgan fingerprint density at radius 3 is 2.19 bits per heavy atom. The molecule has 0 bridgehead atoms. The maximum atomic E-state index is 5.88. The van der Waals surface area contributed by atoms with Crippen LogP contribution in [0.2, 0.25) is 0 Å². The fraction of sp³-hybridized carbons (Fsp3) is 0.571. The van der Waals surface area contributed by atoms with E-state index in [-0.39, 0.29) is 5.54 Å². The van der Waals surface area contributed by atoms with E-state index in [2.05, 4.69) is 26.0 Å². The maximum Gasteiger partial charge on any atom is 0.119 e. The number of hydrogen-bond donors (Lipinski definition) is 1. The lowest BCUT2D eigenvalue weighted by molar-refractivity contribution is 0.274. The van der Waals surface area contributed by atoms with Gasteiger partial charge in [0, 0.05) is 5.54 Å². The molecule has 0 saturated heterocycles. The van der Waals surface area contributed by atoms with E-state index < -0.39 is 0 Å². The molecule has 16 heavy (non-hydrogen) atoms. The fourth-order valence-corrected chi connectivity index (χ4v) is 1.38. The van der Waals surface area contributed by atoms with Crippen LogP contribution in [0.15, 0.2) is 24.3 Å². The van der Waals surface area contributed by atoms with Crippen molar-refractivity contribution in [2.45, 2.75) is 45.6 Å². The van der Waals surface area contributed by atoms with Gasteiger partial charge in [0.15, 0.2) is 0 Å². The zero-order valence-electron chi connectivity index (χ0n) is 10.8. The molecule has 1 aromatic rings. The molecule has 0 aliphatic heterocycles. The summed E-state index contributed by atoms with van der Waals surface area (Å²) >= 11 is 0.